The van der Waals surface area contributed by atoms with Gasteiger partial charge in [0.25, 0.3) is 0 Å². The lowest BCUT2D eigenvalue weighted by Crippen LogP contribution is -1.96. The van der Waals surface area contributed by atoms with E-state index in [9.17, 15) is 9.90 Å². The molecule has 1 heterocycles. The maximum absolute atomic E-state index is 11.4. The first kappa shape index (κ1) is 14.0. The van der Waals surface area contributed by atoms with Crippen LogP contribution in [0.25, 0.3) is 0 Å². The van der Waals surface area contributed by atoms with Crippen molar-refractivity contribution in [3.05, 3.63) is 46.4 Å². The molecular weight excluding hydrogens is 284 g/mol. The van der Waals surface area contributed by atoms with Crippen LogP contribution in [0.4, 0.5) is 0 Å². The third kappa shape index (κ3) is 3.14. The van der Waals surface area contributed by atoms with Crippen LogP contribution in [-0.2, 0) is 5.75 Å². The normalized spacial score (nSPS) is 10.7. The molecule has 0 unspecified atom stereocenters. The number of aryl methyl sites for hydroxylation is 1. The molecule has 0 fully saturated rings. The molecule has 0 atom stereocenters. The summed E-state index contributed by atoms with van der Waals surface area (Å²) in [7, 11) is 0. The van der Waals surface area contributed by atoms with E-state index in [4.69, 9.17) is 16.0 Å². The van der Waals surface area contributed by atoms with Gasteiger partial charge >= 0.3 is 0 Å². The molecule has 5 heteroatoms. The summed E-state index contributed by atoms with van der Waals surface area (Å²) in [6.07, 6.45) is 1.62. The van der Waals surface area contributed by atoms with Crippen molar-refractivity contribution >= 4 is 29.1 Å². The number of benzene rings is 1. The van der Waals surface area contributed by atoms with Gasteiger partial charge in [-0.1, -0.05) is 11.6 Å². The van der Waals surface area contributed by atoms with E-state index in [-0.39, 0.29) is 17.1 Å². The minimum Gasteiger partial charge on any atom is -0.507 e. The first-order valence-corrected chi connectivity index (χ1v) is 7.04. The van der Waals surface area contributed by atoms with E-state index in [0.717, 1.165) is 10.7 Å². The van der Waals surface area contributed by atoms with Gasteiger partial charge in [0, 0.05) is 21.2 Å². The molecule has 0 aliphatic carbocycles. The fourth-order valence-corrected chi connectivity index (χ4v) is 2.89. The van der Waals surface area contributed by atoms with Crippen molar-refractivity contribution in [2.45, 2.75) is 24.5 Å². The molecule has 0 radical (unpaired) electrons. The lowest BCUT2D eigenvalue weighted by molar-refractivity contribution is 0.101. The highest BCUT2D eigenvalue weighted by Crippen LogP contribution is 2.34. The van der Waals surface area contributed by atoms with Gasteiger partial charge in [0.05, 0.1) is 11.8 Å². The zero-order chi connectivity index (χ0) is 14.0. The summed E-state index contributed by atoms with van der Waals surface area (Å²) in [5, 5.41) is 10.5. The zero-order valence-corrected chi connectivity index (χ0v) is 12.1. The number of furan rings is 1. The van der Waals surface area contributed by atoms with Gasteiger partial charge < -0.3 is 9.52 Å². The topological polar surface area (TPSA) is 50.4 Å². The minimum atomic E-state index is -0.203. The van der Waals surface area contributed by atoms with Crippen molar-refractivity contribution in [3.8, 4) is 5.75 Å². The van der Waals surface area contributed by atoms with E-state index in [1.807, 2.05) is 13.0 Å². The van der Waals surface area contributed by atoms with Gasteiger partial charge in [-0.3, -0.25) is 4.79 Å². The van der Waals surface area contributed by atoms with Crippen molar-refractivity contribution in [1.82, 2.24) is 0 Å². The summed E-state index contributed by atoms with van der Waals surface area (Å²) in [4.78, 5) is 12.4. The van der Waals surface area contributed by atoms with Crippen LogP contribution in [0.5, 0.6) is 5.75 Å². The summed E-state index contributed by atoms with van der Waals surface area (Å²) >= 11 is 7.49. The number of rotatable bonds is 4. The Morgan fingerprint density at radius 3 is 2.79 bits per heavy atom. The van der Waals surface area contributed by atoms with E-state index in [1.54, 1.807) is 12.3 Å². The molecule has 0 amide bonds. The Morgan fingerprint density at radius 1 is 1.47 bits per heavy atom. The first-order chi connectivity index (χ1) is 8.99. The van der Waals surface area contributed by atoms with Gasteiger partial charge in [-0.2, -0.15) is 0 Å². The Hall–Kier alpha value is -1.39. The Balaban J connectivity index is 2.25. The summed E-state index contributed by atoms with van der Waals surface area (Å²) in [5.74, 6) is 1.15. The fourth-order valence-electron chi connectivity index (χ4n) is 1.71. The molecule has 2 aromatic rings. The molecule has 0 bridgehead atoms. The number of hydrogen-bond donors (Lipinski definition) is 1. The molecule has 0 aliphatic rings. The van der Waals surface area contributed by atoms with Gasteiger partial charge in [-0.05, 0) is 32.0 Å². The van der Waals surface area contributed by atoms with Crippen LogP contribution in [0.1, 0.15) is 28.6 Å². The predicted molar refractivity (Wildman–Crippen MR) is 76.1 cm³/mol. The molecular formula is C14H13ClO3S. The second kappa shape index (κ2) is 5.72. The van der Waals surface area contributed by atoms with E-state index in [0.29, 0.717) is 16.3 Å². The molecule has 0 aliphatic heterocycles. The third-order valence-electron chi connectivity index (χ3n) is 2.73. The summed E-state index contributed by atoms with van der Waals surface area (Å²) in [6.45, 7) is 3.28. The number of hydrogen-bond acceptors (Lipinski definition) is 4. The fraction of sp³-hybridized carbons (Fsp3) is 0.214. The van der Waals surface area contributed by atoms with Crippen molar-refractivity contribution in [3.63, 3.8) is 0 Å². The first-order valence-electron chi connectivity index (χ1n) is 5.68. The van der Waals surface area contributed by atoms with Crippen molar-refractivity contribution in [2.24, 2.45) is 0 Å². The summed E-state index contributed by atoms with van der Waals surface area (Å²) in [6, 6.07) is 5.02. The number of halogens is 1. The SMILES string of the molecule is CC(=O)c1cc(Cl)cc(CSc2ccoc2C)c1O. The highest BCUT2D eigenvalue weighted by molar-refractivity contribution is 7.98. The molecule has 0 saturated carbocycles. The Bertz CT molecular complexity index is 619. The largest absolute Gasteiger partial charge is 0.507 e. The number of aromatic hydroxyl groups is 1. The smallest absolute Gasteiger partial charge is 0.163 e. The molecule has 1 N–H and O–H groups in total. The molecule has 0 saturated heterocycles. The number of carbonyl (C=O) groups excluding carboxylic acids is 1. The van der Waals surface area contributed by atoms with Gasteiger partial charge in [0.15, 0.2) is 5.78 Å². The molecule has 2 rings (SSSR count). The van der Waals surface area contributed by atoms with Gasteiger partial charge in [0.2, 0.25) is 0 Å². The highest BCUT2D eigenvalue weighted by Gasteiger charge is 2.14. The van der Waals surface area contributed by atoms with Crippen molar-refractivity contribution < 1.29 is 14.3 Å². The van der Waals surface area contributed by atoms with Gasteiger partial charge in [0.1, 0.15) is 11.5 Å². The Labute approximate surface area is 120 Å². The number of phenols is 1. The van der Waals surface area contributed by atoms with Crippen LogP contribution in [-0.4, -0.2) is 10.9 Å². The average Bonchev–Trinajstić information content (AvgIpc) is 2.75. The van der Waals surface area contributed by atoms with Crippen LogP contribution < -0.4 is 0 Å². The lowest BCUT2D eigenvalue weighted by atomic mass is 10.1. The zero-order valence-electron chi connectivity index (χ0n) is 10.6. The molecule has 0 spiro atoms. The van der Waals surface area contributed by atoms with Gasteiger partial charge in [-0.25, -0.2) is 0 Å². The number of thioether (sulfide) groups is 1. The Kier molecular flexibility index (Phi) is 4.22. The highest BCUT2D eigenvalue weighted by atomic mass is 35.5. The Morgan fingerprint density at radius 2 is 2.21 bits per heavy atom. The lowest BCUT2D eigenvalue weighted by Gasteiger charge is -2.08. The van der Waals surface area contributed by atoms with E-state index in [2.05, 4.69) is 0 Å². The molecule has 1 aromatic carbocycles. The maximum Gasteiger partial charge on any atom is 0.163 e. The second-order valence-electron chi connectivity index (χ2n) is 4.15. The molecule has 3 nitrogen and oxygen atoms in total. The van der Waals surface area contributed by atoms with Crippen LogP contribution in [0, 0.1) is 6.92 Å². The predicted octanol–water partition coefficient (Wildman–Crippen LogP) is 4.44. The summed E-state index contributed by atoms with van der Waals surface area (Å²) in [5.41, 5.74) is 0.898. The standard InChI is InChI=1S/C14H13ClO3S/c1-8(16)12-6-11(15)5-10(14(12)17)7-19-13-3-4-18-9(13)2/h3-6,17H,7H2,1-2H3. The molecule has 1 aromatic heterocycles. The minimum absolute atomic E-state index is 0.00514. The van der Waals surface area contributed by atoms with Crippen molar-refractivity contribution in [2.75, 3.05) is 0 Å². The number of ketones is 1. The van der Waals surface area contributed by atoms with Gasteiger partial charge in [-0.15, -0.1) is 11.8 Å². The van der Waals surface area contributed by atoms with Crippen LogP contribution >= 0.6 is 23.4 Å². The summed E-state index contributed by atoms with van der Waals surface area (Å²) < 4.78 is 5.21. The molecule has 100 valence electrons. The monoisotopic (exact) mass is 296 g/mol. The van der Waals surface area contributed by atoms with Crippen molar-refractivity contribution in [1.29, 1.82) is 0 Å². The quantitative estimate of drug-likeness (QED) is 0.669. The third-order valence-corrected chi connectivity index (χ3v) is 4.14. The van der Waals surface area contributed by atoms with E-state index in [1.165, 1.54) is 24.8 Å². The van der Waals surface area contributed by atoms with Crippen LogP contribution in [0.3, 0.4) is 0 Å². The maximum atomic E-state index is 11.4. The van der Waals surface area contributed by atoms with E-state index < -0.39 is 0 Å². The number of Topliss-reactive ketones (excluding diaryl/α,β-unsaturated/α-hetero) is 1. The second-order valence-corrected chi connectivity index (χ2v) is 5.60. The average molecular weight is 297 g/mol. The molecule has 19 heavy (non-hydrogen) atoms. The number of carbonyl (C=O) groups is 1. The van der Waals surface area contributed by atoms with E-state index >= 15 is 0 Å². The van der Waals surface area contributed by atoms with Crippen LogP contribution in [0.15, 0.2) is 33.8 Å². The number of phenolic OH excluding ortho intramolecular Hbond substituents is 1. The van der Waals surface area contributed by atoms with Crippen LogP contribution in [0.2, 0.25) is 5.02 Å².